The van der Waals surface area contributed by atoms with Crippen molar-refractivity contribution in [2.75, 3.05) is 19.5 Å². The molecule has 4 bridgehead atoms. The first-order chi connectivity index (χ1) is 23.1. The molecule has 0 aliphatic carbocycles. The third kappa shape index (κ3) is 4.83. The van der Waals surface area contributed by atoms with Gasteiger partial charge < -0.3 is 39.6 Å². The van der Waals surface area contributed by atoms with Gasteiger partial charge in [0.25, 0.3) is 0 Å². The van der Waals surface area contributed by atoms with Gasteiger partial charge in [-0.25, -0.2) is 14.8 Å². The molecule has 13 heteroatoms. The highest BCUT2D eigenvalue weighted by Gasteiger charge is 2.61. The number of anilines is 1. The number of nitrogens with one attached hydrogen (secondary N) is 4. The number of nitrogens with zero attached hydrogens (tertiary/aromatic N) is 2. The lowest BCUT2D eigenvalue weighted by atomic mass is 9.72. The number of hydrogen-bond donors (Lipinski definition) is 4. The number of likely N-dealkylation sites (N-methyl/N-ethyl adjacent to an activating group) is 1. The van der Waals surface area contributed by atoms with E-state index in [2.05, 4.69) is 26.3 Å². The average Bonchev–Trinajstić information content (AvgIpc) is 3.83. The van der Waals surface area contributed by atoms with Crippen molar-refractivity contribution < 1.29 is 32.7 Å². The van der Waals surface area contributed by atoms with E-state index in [1.54, 1.807) is 7.05 Å². The molecule has 13 nitrogen and oxygen atoms in total. The molecule has 48 heavy (non-hydrogen) atoms. The van der Waals surface area contributed by atoms with Crippen LogP contribution in [0.15, 0.2) is 57.6 Å². The Labute approximate surface area is 277 Å². The van der Waals surface area contributed by atoms with Crippen LogP contribution in [-0.2, 0) is 26.2 Å². The van der Waals surface area contributed by atoms with E-state index in [-0.39, 0.29) is 53.2 Å². The van der Waals surface area contributed by atoms with Crippen LogP contribution in [0.5, 0.6) is 5.75 Å². The molecule has 3 unspecified atom stereocenters. The quantitative estimate of drug-likeness (QED) is 0.214. The molecule has 1 spiro atoms. The summed E-state index contributed by atoms with van der Waals surface area (Å²) < 4.78 is 24.1. The Morgan fingerprint density at radius 2 is 1.85 bits per heavy atom. The molecule has 0 saturated heterocycles. The van der Waals surface area contributed by atoms with Crippen molar-refractivity contribution in [3.8, 4) is 17.3 Å². The zero-order valence-electron chi connectivity index (χ0n) is 27.5. The SMILES string of the molecule is CNC(C(=O)N[C@H]1Cc2ccc3c(c2)C2(c4ccccc4NC2O3)c2oc(nc2-c2nc(C(=O)OC)co2)[C@H](C(C)C)NC1=O)C(C)C. The largest absolute Gasteiger partial charge is 0.469 e. The van der Waals surface area contributed by atoms with Crippen LogP contribution in [0.4, 0.5) is 5.69 Å². The lowest BCUT2D eigenvalue weighted by Crippen LogP contribution is -2.55. The van der Waals surface area contributed by atoms with Crippen molar-refractivity contribution in [1.82, 2.24) is 25.9 Å². The van der Waals surface area contributed by atoms with E-state index in [0.717, 1.165) is 22.4 Å². The molecule has 5 atom stereocenters. The Kier molecular flexibility index (Phi) is 7.74. The van der Waals surface area contributed by atoms with Gasteiger partial charge in [-0.05, 0) is 42.1 Å². The molecule has 4 N–H and O–H groups in total. The summed E-state index contributed by atoms with van der Waals surface area (Å²) in [6.45, 7) is 7.77. The number of benzene rings is 2. The fourth-order valence-corrected chi connectivity index (χ4v) is 7.06. The summed E-state index contributed by atoms with van der Waals surface area (Å²) in [4.78, 5) is 49.3. The van der Waals surface area contributed by atoms with E-state index in [1.807, 2.05) is 70.2 Å². The maximum atomic E-state index is 14.1. The smallest absolute Gasteiger partial charge is 0.360 e. The van der Waals surface area contributed by atoms with E-state index < -0.39 is 35.7 Å². The molecule has 4 aromatic rings. The Morgan fingerprint density at radius 1 is 1.06 bits per heavy atom. The summed E-state index contributed by atoms with van der Waals surface area (Å²) >= 11 is 0. The van der Waals surface area contributed by atoms with E-state index in [4.69, 9.17) is 23.3 Å². The zero-order valence-corrected chi connectivity index (χ0v) is 27.5. The van der Waals surface area contributed by atoms with Crippen molar-refractivity contribution in [3.05, 3.63) is 82.8 Å². The van der Waals surface area contributed by atoms with Crippen LogP contribution in [0.2, 0.25) is 0 Å². The standard InChI is InChI=1S/C35H38N6O7/c1-16(2)25(36-5)30(43)37-22-14-18-11-12-24-20(13-18)35(19-9-7-8-10-21(19)39-34(35)47-24)28-27(31-38-23(15-46-31)33(44)45-6)41-32(48-28)26(17(3)4)40-29(22)42/h7-13,15-17,22,25-26,34,36,39H,14H2,1-6H3,(H,37,43)(H,40,42)/t22-,25?,26-,34?,35?/m0/s1. The summed E-state index contributed by atoms with van der Waals surface area (Å²) in [5, 5.41) is 12.7. The third-order valence-electron chi connectivity index (χ3n) is 9.41. The van der Waals surface area contributed by atoms with Gasteiger partial charge in [-0.3, -0.25) is 9.59 Å². The third-order valence-corrected chi connectivity index (χ3v) is 9.41. The number of carbonyl (C=O) groups is 3. The number of aromatic nitrogens is 2. The van der Waals surface area contributed by atoms with Gasteiger partial charge in [0, 0.05) is 17.7 Å². The van der Waals surface area contributed by atoms with Crippen molar-refractivity contribution in [2.24, 2.45) is 11.8 Å². The second kappa shape index (κ2) is 11.8. The average molecular weight is 655 g/mol. The maximum absolute atomic E-state index is 14.1. The molecular formula is C35H38N6O7. The van der Waals surface area contributed by atoms with Gasteiger partial charge in [0.2, 0.25) is 23.6 Å². The van der Waals surface area contributed by atoms with E-state index in [9.17, 15) is 14.4 Å². The Hall–Kier alpha value is -5.17. The van der Waals surface area contributed by atoms with Crippen LogP contribution in [0.3, 0.4) is 0 Å². The Morgan fingerprint density at radius 3 is 2.58 bits per heavy atom. The highest BCUT2D eigenvalue weighted by Crippen LogP contribution is 2.59. The van der Waals surface area contributed by atoms with Gasteiger partial charge in [0.1, 0.15) is 29.5 Å². The Bertz CT molecular complexity index is 1910. The van der Waals surface area contributed by atoms with Gasteiger partial charge in [0.15, 0.2) is 23.4 Å². The minimum absolute atomic E-state index is 0.00402. The van der Waals surface area contributed by atoms with Crippen molar-refractivity contribution >= 4 is 23.5 Å². The lowest BCUT2D eigenvalue weighted by molar-refractivity contribution is -0.131. The first kappa shape index (κ1) is 31.4. The number of hydrogen-bond acceptors (Lipinski definition) is 11. The van der Waals surface area contributed by atoms with Crippen LogP contribution in [0.1, 0.15) is 72.6 Å². The number of fused-ring (bicyclic) bond motifs is 4. The lowest BCUT2D eigenvalue weighted by Gasteiger charge is -2.29. The van der Waals surface area contributed by atoms with Crippen LogP contribution < -0.4 is 26.0 Å². The summed E-state index contributed by atoms with van der Waals surface area (Å²) in [7, 11) is 2.99. The molecule has 0 radical (unpaired) electrons. The minimum Gasteiger partial charge on any atom is -0.469 e. The minimum atomic E-state index is -1.07. The predicted octanol–water partition coefficient (Wildman–Crippen LogP) is 3.69. The molecule has 2 aromatic heterocycles. The van der Waals surface area contributed by atoms with Crippen LogP contribution in [-0.4, -0.2) is 60.2 Å². The summed E-state index contributed by atoms with van der Waals surface area (Å²) in [6, 6.07) is 11.5. The van der Waals surface area contributed by atoms with E-state index in [0.29, 0.717) is 11.5 Å². The number of ether oxygens (including phenoxy) is 2. The predicted molar refractivity (Wildman–Crippen MR) is 173 cm³/mol. The van der Waals surface area contributed by atoms with Gasteiger partial charge in [0.05, 0.1) is 13.2 Å². The van der Waals surface area contributed by atoms with Gasteiger partial charge in [-0.15, -0.1) is 0 Å². The molecule has 2 aromatic carbocycles. The van der Waals surface area contributed by atoms with Gasteiger partial charge in [-0.1, -0.05) is 58.0 Å². The molecule has 3 aliphatic heterocycles. The van der Waals surface area contributed by atoms with E-state index >= 15 is 0 Å². The number of esters is 1. The number of oxazole rings is 2. The molecule has 3 aliphatic rings. The van der Waals surface area contributed by atoms with Crippen LogP contribution in [0, 0.1) is 11.8 Å². The fraction of sp³-hybridized carbons (Fsp3) is 0.400. The molecule has 7 rings (SSSR count). The number of rotatable bonds is 7. The summed E-state index contributed by atoms with van der Waals surface area (Å²) in [6.07, 6.45) is 0.801. The van der Waals surface area contributed by atoms with E-state index in [1.165, 1.54) is 13.4 Å². The second-order valence-corrected chi connectivity index (χ2v) is 13.1. The Balaban J connectivity index is 1.46. The number of amides is 2. The molecule has 5 heterocycles. The molecule has 0 fully saturated rings. The first-order valence-electron chi connectivity index (χ1n) is 16.1. The number of carbonyl (C=O) groups excluding carboxylic acids is 3. The topological polar surface area (TPSA) is 170 Å². The van der Waals surface area contributed by atoms with Crippen molar-refractivity contribution in [2.45, 2.75) is 63.9 Å². The monoisotopic (exact) mass is 654 g/mol. The maximum Gasteiger partial charge on any atom is 0.360 e. The highest BCUT2D eigenvalue weighted by molar-refractivity contribution is 5.90. The molecule has 0 saturated carbocycles. The summed E-state index contributed by atoms with van der Waals surface area (Å²) in [5.74, 6) is -0.251. The normalized spacial score (nSPS) is 22.8. The molecular weight excluding hydrogens is 616 g/mol. The summed E-state index contributed by atoms with van der Waals surface area (Å²) in [5.41, 5.74) is 2.48. The molecule has 250 valence electrons. The second-order valence-electron chi connectivity index (χ2n) is 13.1. The van der Waals surface area contributed by atoms with Crippen LogP contribution >= 0.6 is 0 Å². The fourth-order valence-electron chi connectivity index (χ4n) is 7.06. The molecule has 2 amide bonds. The zero-order chi connectivity index (χ0) is 33.9. The van der Waals surface area contributed by atoms with Gasteiger partial charge >= 0.3 is 5.97 Å². The van der Waals surface area contributed by atoms with Crippen molar-refractivity contribution in [1.29, 1.82) is 0 Å². The van der Waals surface area contributed by atoms with Gasteiger partial charge in [-0.2, -0.15) is 0 Å². The highest BCUT2D eigenvalue weighted by atomic mass is 16.5. The number of para-hydroxylation sites is 1. The first-order valence-corrected chi connectivity index (χ1v) is 16.1. The van der Waals surface area contributed by atoms with Crippen molar-refractivity contribution in [3.63, 3.8) is 0 Å². The number of methoxy groups -OCH3 is 1. The van der Waals surface area contributed by atoms with Crippen LogP contribution in [0.25, 0.3) is 11.6 Å².